The summed E-state index contributed by atoms with van der Waals surface area (Å²) in [7, 11) is 0. The van der Waals surface area contributed by atoms with Gasteiger partial charge < -0.3 is 9.40 Å². The van der Waals surface area contributed by atoms with Gasteiger partial charge in [0.15, 0.2) is 0 Å². The van der Waals surface area contributed by atoms with E-state index in [0.717, 1.165) is 22.6 Å². The molecule has 0 saturated carbocycles. The fraction of sp³-hybridized carbons (Fsp3) is 0.0769. The number of fused-ring (bicyclic) bond motifs is 2. The molecular weight excluding hydrogens is 240 g/mol. The summed E-state index contributed by atoms with van der Waals surface area (Å²) in [6.45, 7) is 0. The maximum absolute atomic E-state index is 10.4. The predicted molar refractivity (Wildman–Crippen MR) is 56.4 cm³/mol. The number of rotatable bonds is 2. The smallest absolute Gasteiger partial charge is 0.393 e. The fourth-order valence-corrected chi connectivity index (χ4v) is 2.19. The average molecular weight is 249 g/mol. The molecule has 0 aliphatic carbocycles. The Balaban J connectivity index is 2.05. The van der Waals surface area contributed by atoms with Crippen LogP contribution in [0, 0.1) is 11.3 Å². The molecule has 86 valence electrons. The minimum Gasteiger partial charge on any atom is -0.495 e. The van der Waals surface area contributed by atoms with E-state index < -0.39 is 0 Å². The Bertz CT molecular complexity index is 554. The van der Waals surface area contributed by atoms with Crippen LogP contribution in [-0.2, 0) is 6.42 Å². The summed E-state index contributed by atoms with van der Waals surface area (Å²) in [4.78, 5) is 0. The topological polar surface area (TPSA) is 41.5 Å². The van der Waals surface area contributed by atoms with Crippen LogP contribution in [0.5, 0.6) is 17.2 Å². The molecule has 0 fully saturated rings. The largest absolute Gasteiger partial charge is 0.495 e. The van der Waals surface area contributed by atoms with Crippen LogP contribution in [0.3, 0.4) is 0 Å². The Kier molecular flexibility index (Phi) is 2.63. The van der Waals surface area contributed by atoms with Gasteiger partial charge in [0.25, 0.3) is 0 Å². The van der Waals surface area contributed by atoms with Crippen LogP contribution in [0.1, 0.15) is 11.1 Å². The second-order valence-electron chi connectivity index (χ2n) is 3.76. The van der Waals surface area contributed by atoms with Crippen molar-refractivity contribution in [2.24, 2.45) is 0 Å². The van der Waals surface area contributed by atoms with Crippen molar-refractivity contribution < 1.29 is 25.0 Å². The molecule has 0 saturated heterocycles. The first kappa shape index (κ1) is 10.4. The Morgan fingerprint density at radius 3 is 2.76 bits per heavy atom. The van der Waals surface area contributed by atoms with E-state index in [-0.39, 0.29) is 0 Å². The molecule has 2 aromatic rings. The molecule has 0 bridgehead atoms. The average Bonchev–Trinajstić information content (AvgIpc) is 2.37. The zero-order chi connectivity index (χ0) is 11.7. The number of para-hydroxylation sites is 1. The summed E-state index contributed by atoms with van der Waals surface area (Å²) in [6, 6.07) is 13.3. The van der Waals surface area contributed by atoms with E-state index in [9.17, 15) is 4.66 Å². The lowest BCUT2D eigenvalue weighted by Gasteiger charge is -2.20. The molecular formula is C13H9ClO3. The van der Waals surface area contributed by atoms with Crippen LogP contribution in [0.4, 0.5) is 0 Å². The predicted octanol–water partition coefficient (Wildman–Crippen LogP) is 2.04. The Labute approximate surface area is 103 Å². The molecule has 2 aromatic carbocycles. The zero-order valence-corrected chi connectivity index (χ0v) is 9.61. The van der Waals surface area contributed by atoms with Crippen LogP contribution >= 0.6 is 0 Å². The van der Waals surface area contributed by atoms with E-state index in [4.69, 9.17) is 9.03 Å². The van der Waals surface area contributed by atoms with E-state index in [0.29, 0.717) is 23.5 Å². The molecule has 0 N–H and O–H groups in total. The number of halogens is 1. The second kappa shape index (κ2) is 4.28. The van der Waals surface area contributed by atoms with E-state index in [1.807, 2.05) is 36.4 Å². The van der Waals surface area contributed by atoms with Gasteiger partial charge in [-0.1, -0.05) is 24.3 Å². The highest BCUT2D eigenvalue weighted by molar-refractivity contribution is 5.54. The molecule has 3 nitrogen and oxygen atoms in total. The highest BCUT2D eigenvalue weighted by Crippen LogP contribution is 2.40. The number of ether oxygens (including phenoxy) is 1. The SMILES string of the molecule is [O-][Cl+]Oc1cccc2c1Cc1ccccc1O2. The molecule has 3 rings (SSSR count). The van der Waals surface area contributed by atoms with Crippen LogP contribution in [0.25, 0.3) is 0 Å². The van der Waals surface area contributed by atoms with Crippen molar-refractivity contribution in [3.8, 4) is 17.2 Å². The minimum atomic E-state index is 0.553. The Morgan fingerprint density at radius 1 is 1.06 bits per heavy atom. The molecule has 1 aliphatic rings. The summed E-state index contributed by atoms with van der Waals surface area (Å²) in [5.41, 5.74) is 2.01. The van der Waals surface area contributed by atoms with Crippen molar-refractivity contribution >= 4 is 0 Å². The lowest BCUT2D eigenvalue weighted by molar-refractivity contribution is -1.25. The fourth-order valence-electron chi connectivity index (χ4n) is 1.98. The monoisotopic (exact) mass is 248 g/mol. The van der Waals surface area contributed by atoms with Gasteiger partial charge in [0.1, 0.15) is 11.5 Å². The molecule has 4 heteroatoms. The minimum absolute atomic E-state index is 0.553. The third-order valence-corrected chi connectivity index (χ3v) is 2.99. The summed E-state index contributed by atoms with van der Waals surface area (Å²) < 4.78 is 21.1. The van der Waals surface area contributed by atoms with Crippen molar-refractivity contribution in [2.45, 2.75) is 6.42 Å². The number of benzene rings is 2. The van der Waals surface area contributed by atoms with Crippen LogP contribution in [-0.4, -0.2) is 0 Å². The van der Waals surface area contributed by atoms with E-state index in [2.05, 4.69) is 0 Å². The van der Waals surface area contributed by atoms with Crippen LogP contribution in [0.15, 0.2) is 42.5 Å². The van der Waals surface area contributed by atoms with E-state index in [1.54, 1.807) is 6.07 Å². The first-order chi connectivity index (χ1) is 8.38. The van der Waals surface area contributed by atoms with Gasteiger partial charge in [-0.15, -0.1) is 0 Å². The van der Waals surface area contributed by atoms with Gasteiger partial charge in [-0.2, -0.15) is 0 Å². The van der Waals surface area contributed by atoms with Crippen LogP contribution < -0.4 is 13.7 Å². The molecule has 1 aliphatic heterocycles. The van der Waals surface area contributed by atoms with Gasteiger partial charge >= 0.3 is 11.3 Å². The lowest BCUT2D eigenvalue weighted by Crippen LogP contribution is -2.10. The molecule has 0 atom stereocenters. The molecule has 0 aromatic heterocycles. The van der Waals surface area contributed by atoms with Crippen molar-refractivity contribution in [2.75, 3.05) is 0 Å². The first-order valence-corrected chi connectivity index (χ1v) is 5.82. The third-order valence-electron chi connectivity index (χ3n) is 2.76. The quantitative estimate of drug-likeness (QED) is 0.697. The third kappa shape index (κ3) is 1.84. The Hall–Kier alpha value is -1.71. The van der Waals surface area contributed by atoms with Gasteiger partial charge in [-0.25, -0.2) is 4.29 Å². The number of hydrogen-bond acceptors (Lipinski definition) is 3. The molecule has 0 amide bonds. The van der Waals surface area contributed by atoms with Crippen molar-refractivity contribution in [3.63, 3.8) is 0 Å². The van der Waals surface area contributed by atoms with Crippen LogP contribution in [0.2, 0.25) is 0 Å². The zero-order valence-electron chi connectivity index (χ0n) is 8.85. The van der Waals surface area contributed by atoms with Gasteiger partial charge in [0, 0.05) is 12.0 Å². The normalized spacial score (nSPS) is 12.3. The summed E-state index contributed by atoms with van der Waals surface area (Å²) >= 11 is 0.553. The standard InChI is InChI=1S/C13H9ClO3/c15-14-17-13-7-3-6-12-10(13)8-9-4-1-2-5-11(9)16-12/h1-7H,8H2. The van der Waals surface area contributed by atoms with Gasteiger partial charge in [0.2, 0.25) is 5.75 Å². The first-order valence-electron chi connectivity index (χ1n) is 5.20. The second-order valence-corrected chi connectivity index (χ2v) is 4.04. The lowest BCUT2D eigenvalue weighted by atomic mass is 10.00. The summed E-state index contributed by atoms with van der Waals surface area (Å²) in [5.74, 6) is 2.17. The maximum Gasteiger partial charge on any atom is 0.393 e. The van der Waals surface area contributed by atoms with Gasteiger partial charge in [0.05, 0.1) is 0 Å². The van der Waals surface area contributed by atoms with Gasteiger partial charge in [-0.05, 0) is 23.8 Å². The van der Waals surface area contributed by atoms with E-state index in [1.165, 1.54) is 0 Å². The maximum atomic E-state index is 10.4. The Morgan fingerprint density at radius 2 is 1.88 bits per heavy atom. The van der Waals surface area contributed by atoms with Crippen molar-refractivity contribution in [1.82, 2.24) is 0 Å². The highest BCUT2D eigenvalue weighted by atomic mass is 35.6. The molecule has 0 spiro atoms. The summed E-state index contributed by atoms with van der Waals surface area (Å²) in [6.07, 6.45) is 0.716. The molecule has 0 radical (unpaired) electrons. The summed E-state index contributed by atoms with van der Waals surface area (Å²) in [5, 5.41) is 0. The van der Waals surface area contributed by atoms with Crippen molar-refractivity contribution in [1.29, 1.82) is 0 Å². The van der Waals surface area contributed by atoms with Crippen molar-refractivity contribution in [3.05, 3.63) is 53.6 Å². The van der Waals surface area contributed by atoms with Gasteiger partial charge in [-0.3, -0.25) is 0 Å². The molecule has 1 heterocycles. The molecule has 17 heavy (non-hydrogen) atoms. The number of hydrogen-bond donors (Lipinski definition) is 0. The molecule has 0 unspecified atom stereocenters. The van der Waals surface area contributed by atoms with E-state index >= 15 is 0 Å². The highest BCUT2D eigenvalue weighted by Gasteiger charge is 2.21.